The van der Waals surface area contributed by atoms with Crippen LogP contribution in [-0.2, 0) is 6.42 Å². The molecule has 0 amide bonds. The molecule has 15 heavy (non-hydrogen) atoms. The van der Waals surface area contributed by atoms with E-state index in [2.05, 4.69) is 9.97 Å². The fraction of sp³-hybridized carbons (Fsp3) is 0.200. The standard InChI is InChI=1S/C10H9ClFN3/c1-2-9-13-3-4-15(9)10-8(12)5-7(11)6-14-10/h3-6H,2H2,1H3. The van der Waals surface area contributed by atoms with Crippen LogP contribution >= 0.6 is 11.6 Å². The van der Waals surface area contributed by atoms with Crippen LogP contribution in [0.2, 0.25) is 5.02 Å². The highest BCUT2D eigenvalue weighted by atomic mass is 35.5. The number of hydrogen-bond donors (Lipinski definition) is 0. The van der Waals surface area contributed by atoms with Crippen molar-refractivity contribution in [2.45, 2.75) is 13.3 Å². The van der Waals surface area contributed by atoms with Crippen molar-refractivity contribution in [3.8, 4) is 5.82 Å². The third-order valence-corrected chi connectivity index (χ3v) is 2.26. The molecule has 78 valence electrons. The summed E-state index contributed by atoms with van der Waals surface area (Å²) in [5.41, 5.74) is 0. The zero-order valence-corrected chi connectivity index (χ0v) is 8.87. The van der Waals surface area contributed by atoms with Gasteiger partial charge in [-0.25, -0.2) is 14.4 Å². The monoisotopic (exact) mass is 225 g/mol. The van der Waals surface area contributed by atoms with Gasteiger partial charge in [0.1, 0.15) is 5.82 Å². The van der Waals surface area contributed by atoms with Crippen molar-refractivity contribution in [2.75, 3.05) is 0 Å². The van der Waals surface area contributed by atoms with Gasteiger partial charge in [0.15, 0.2) is 11.6 Å². The molecule has 3 nitrogen and oxygen atoms in total. The Balaban J connectivity index is 2.54. The van der Waals surface area contributed by atoms with Crippen LogP contribution in [0, 0.1) is 5.82 Å². The first-order valence-electron chi connectivity index (χ1n) is 4.56. The van der Waals surface area contributed by atoms with E-state index in [-0.39, 0.29) is 10.8 Å². The van der Waals surface area contributed by atoms with Gasteiger partial charge in [0, 0.05) is 25.0 Å². The molecule has 5 heteroatoms. The Morgan fingerprint density at radius 1 is 1.47 bits per heavy atom. The first-order chi connectivity index (χ1) is 7.22. The summed E-state index contributed by atoms with van der Waals surface area (Å²) in [6, 6.07) is 1.24. The maximum atomic E-state index is 13.5. The van der Waals surface area contributed by atoms with Gasteiger partial charge in [0.05, 0.1) is 5.02 Å². The van der Waals surface area contributed by atoms with Crippen LogP contribution in [-0.4, -0.2) is 14.5 Å². The number of nitrogens with zero attached hydrogens (tertiary/aromatic N) is 3. The van der Waals surface area contributed by atoms with E-state index in [1.807, 2.05) is 6.92 Å². The third kappa shape index (κ3) is 1.85. The SMILES string of the molecule is CCc1nccn1-c1ncc(Cl)cc1F. The number of rotatable bonds is 2. The van der Waals surface area contributed by atoms with Gasteiger partial charge in [0.25, 0.3) is 0 Å². The van der Waals surface area contributed by atoms with Crippen molar-refractivity contribution < 1.29 is 4.39 Å². The zero-order chi connectivity index (χ0) is 10.8. The molecule has 0 bridgehead atoms. The van der Waals surface area contributed by atoms with Crippen LogP contribution < -0.4 is 0 Å². The topological polar surface area (TPSA) is 30.7 Å². The number of aromatic nitrogens is 3. The molecule has 0 atom stereocenters. The summed E-state index contributed by atoms with van der Waals surface area (Å²) < 4.78 is 15.2. The molecule has 0 aliphatic rings. The minimum absolute atomic E-state index is 0.230. The number of pyridine rings is 1. The van der Waals surface area contributed by atoms with Crippen LogP contribution in [0.25, 0.3) is 5.82 Å². The Morgan fingerprint density at radius 2 is 2.27 bits per heavy atom. The molecule has 0 aliphatic carbocycles. The lowest BCUT2D eigenvalue weighted by molar-refractivity contribution is 0.606. The van der Waals surface area contributed by atoms with Crippen LogP contribution in [0.3, 0.4) is 0 Å². The first kappa shape index (κ1) is 10.1. The second-order valence-electron chi connectivity index (χ2n) is 3.03. The summed E-state index contributed by atoms with van der Waals surface area (Å²) in [7, 11) is 0. The normalized spacial score (nSPS) is 10.6. The van der Waals surface area contributed by atoms with Gasteiger partial charge in [0.2, 0.25) is 0 Å². The van der Waals surface area contributed by atoms with Crippen molar-refractivity contribution in [1.29, 1.82) is 0 Å². The van der Waals surface area contributed by atoms with E-state index < -0.39 is 5.82 Å². The fourth-order valence-corrected chi connectivity index (χ4v) is 1.52. The van der Waals surface area contributed by atoms with Crippen LogP contribution in [0.5, 0.6) is 0 Å². The molecule has 2 aromatic rings. The maximum Gasteiger partial charge on any atom is 0.174 e. The van der Waals surface area contributed by atoms with Crippen molar-refractivity contribution in [3.05, 3.63) is 41.3 Å². The van der Waals surface area contributed by atoms with Crippen molar-refractivity contribution >= 4 is 11.6 Å². The Bertz CT molecular complexity index is 481. The minimum atomic E-state index is -0.449. The lowest BCUT2D eigenvalue weighted by atomic mass is 10.4. The van der Waals surface area contributed by atoms with Gasteiger partial charge in [-0.05, 0) is 6.07 Å². The van der Waals surface area contributed by atoms with E-state index in [9.17, 15) is 4.39 Å². The number of hydrogen-bond acceptors (Lipinski definition) is 2. The Morgan fingerprint density at radius 3 is 2.93 bits per heavy atom. The van der Waals surface area contributed by atoms with E-state index in [1.165, 1.54) is 12.3 Å². The van der Waals surface area contributed by atoms with Crippen molar-refractivity contribution in [1.82, 2.24) is 14.5 Å². The lowest BCUT2D eigenvalue weighted by Crippen LogP contribution is -2.04. The fourth-order valence-electron chi connectivity index (χ4n) is 1.37. The van der Waals surface area contributed by atoms with Crippen LogP contribution in [0.4, 0.5) is 4.39 Å². The molecule has 0 aromatic carbocycles. The highest BCUT2D eigenvalue weighted by Crippen LogP contribution is 2.16. The van der Waals surface area contributed by atoms with Gasteiger partial charge in [-0.15, -0.1) is 0 Å². The predicted octanol–water partition coefficient (Wildman–Crippen LogP) is 2.62. The lowest BCUT2D eigenvalue weighted by Gasteiger charge is -2.06. The summed E-state index contributed by atoms with van der Waals surface area (Å²) >= 11 is 5.62. The third-order valence-electron chi connectivity index (χ3n) is 2.05. The summed E-state index contributed by atoms with van der Waals surface area (Å²) in [5, 5.41) is 0.286. The number of halogens is 2. The minimum Gasteiger partial charge on any atom is -0.285 e. The van der Waals surface area contributed by atoms with Gasteiger partial charge in [-0.1, -0.05) is 18.5 Å². The summed E-state index contributed by atoms with van der Waals surface area (Å²) in [6.07, 6.45) is 5.43. The molecule has 0 unspecified atom stereocenters. The van der Waals surface area contributed by atoms with E-state index >= 15 is 0 Å². The highest BCUT2D eigenvalue weighted by molar-refractivity contribution is 6.30. The average Bonchev–Trinajstić information content (AvgIpc) is 2.65. The molecule has 0 N–H and O–H groups in total. The van der Waals surface area contributed by atoms with Crippen molar-refractivity contribution in [2.24, 2.45) is 0 Å². The molecule has 0 spiro atoms. The molecular formula is C10H9ClFN3. The molecule has 0 fully saturated rings. The largest absolute Gasteiger partial charge is 0.285 e. The van der Waals surface area contributed by atoms with Crippen LogP contribution in [0.15, 0.2) is 24.7 Å². The molecule has 0 aliphatic heterocycles. The predicted molar refractivity (Wildman–Crippen MR) is 55.7 cm³/mol. The Kier molecular flexibility index (Phi) is 2.68. The second kappa shape index (κ2) is 3.98. The summed E-state index contributed by atoms with van der Waals surface area (Å²) in [6.45, 7) is 1.95. The van der Waals surface area contributed by atoms with E-state index in [4.69, 9.17) is 11.6 Å². The Labute approximate surface area is 91.5 Å². The van der Waals surface area contributed by atoms with E-state index in [0.29, 0.717) is 0 Å². The summed E-state index contributed by atoms with van der Waals surface area (Å²) in [4.78, 5) is 8.04. The highest BCUT2D eigenvalue weighted by Gasteiger charge is 2.09. The van der Waals surface area contributed by atoms with Crippen LogP contribution in [0.1, 0.15) is 12.7 Å². The maximum absolute atomic E-state index is 13.5. The molecule has 0 saturated heterocycles. The number of imidazole rings is 1. The van der Waals surface area contributed by atoms with Gasteiger partial charge < -0.3 is 0 Å². The quantitative estimate of drug-likeness (QED) is 0.787. The summed E-state index contributed by atoms with van der Waals surface area (Å²) in [5.74, 6) is 0.549. The van der Waals surface area contributed by atoms with Gasteiger partial charge in [-0.3, -0.25) is 4.57 Å². The van der Waals surface area contributed by atoms with E-state index in [0.717, 1.165) is 12.2 Å². The molecule has 0 saturated carbocycles. The first-order valence-corrected chi connectivity index (χ1v) is 4.93. The van der Waals surface area contributed by atoms with Gasteiger partial charge in [-0.2, -0.15) is 0 Å². The molecule has 0 radical (unpaired) electrons. The van der Waals surface area contributed by atoms with E-state index in [1.54, 1.807) is 17.0 Å². The molecular weight excluding hydrogens is 217 g/mol. The zero-order valence-electron chi connectivity index (χ0n) is 8.11. The second-order valence-corrected chi connectivity index (χ2v) is 3.46. The Hall–Kier alpha value is -1.42. The van der Waals surface area contributed by atoms with Gasteiger partial charge >= 0.3 is 0 Å². The number of aryl methyl sites for hydroxylation is 1. The molecule has 2 rings (SSSR count). The van der Waals surface area contributed by atoms with Crippen molar-refractivity contribution in [3.63, 3.8) is 0 Å². The molecule has 2 aromatic heterocycles. The smallest absolute Gasteiger partial charge is 0.174 e. The molecule has 2 heterocycles. The average molecular weight is 226 g/mol.